The third-order valence-electron chi connectivity index (χ3n) is 3.20. The van der Waals surface area contributed by atoms with Gasteiger partial charge in [0.15, 0.2) is 0 Å². The van der Waals surface area contributed by atoms with Crippen molar-refractivity contribution in [3.8, 4) is 0 Å². The highest BCUT2D eigenvalue weighted by molar-refractivity contribution is 7.09. The van der Waals surface area contributed by atoms with E-state index < -0.39 is 6.10 Å². The van der Waals surface area contributed by atoms with Crippen molar-refractivity contribution in [1.29, 1.82) is 0 Å². The van der Waals surface area contributed by atoms with Gasteiger partial charge in [-0.1, -0.05) is 27.2 Å². The second kappa shape index (κ2) is 5.04. The number of nitrogens with one attached hydrogen (secondary N) is 1. The lowest BCUT2D eigenvalue weighted by Crippen LogP contribution is -2.38. The maximum absolute atomic E-state index is 10.3. The zero-order valence-electron chi connectivity index (χ0n) is 10.9. The van der Waals surface area contributed by atoms with Crippen LogP contribution in [0.1, 0.15) is 56.8 Å². The lowest BCUT2D eigenvalue weighted by atomic mass is 9.97. The Morgan fingerprint density at radius 3 is 2.76 bits per heavy atom. The minimum absolute atomic E-state index is 0.0721. The molecule has 2 N–H and O–H groups in total. The molecule has 0 saturated carbocycles. The molecule has 1 fully saturated rings. The largest absolute Gasteiger partial charge is 0.385 e. The van der Waals surface area contributed by atoms with Crippen molar-refractivity contribution in [3.05, 3.63) is 16.1 Å². The smallest absolute Gasteiger partial charge is 0.112 e. The van der Waals surface area contributed by atoms with Crippen LogP contribution in [-0.2, 0) is 5.41 Å². The average molecular weight is 254 g/mol. The highest BCUT2D eigenvalue weighted by atomic mass is 32.1. The molecule has 2 atom stereocenters. The maximum Gasteiger partial charge on any atom is 0.112 e. The van der Waals surface area contributed by atoms with Crippen LogP contribution >= 0.6 is 11.3 Å². The normalized spacial score (nSPS) is 23.6. The van der Waals surface area contributed by atoms with Crippen LogP contribution in [0.25, 0.3) is 0 Å². The molecule has 0 bridgehead atoms. The average Bonchev–Trinajstić information content (AvgIpc) is 2.78. The third-order valence-corrected chi connectivity index (χ3v) is 4.48. The fourth-order valence-corrected chi connectivity index (χ4v) is 3.06. The Morgan fingerprint density at radius 2 is 2.24 bits per heavy atom. The molecule has 1 saturated heterocycles. The number of thiazole rings is 1. The van der Waals surface area contributed by atoms with Crippen molar-refractivity contribution in [2.75, 3.05) is 6.54 Å². The molecule has 0 aromatic carbocycles. The summed E-state index contributed by atoms with van der Waals surface area (Å²) < 4.78 is 0. The first-order valence-electron chi connectivity index (χ1n) is 6.36. The highest BCUT2D eigenvalue weighted by Crippen LogP contribution is 2.29. The van der Waals surface area contributed by atoms with E-state index in [4.69, 9.17) is 0 Å². The van der Waals surface area contributed by atoms with Gasteiger partial charge in [-0.25, -0.2) is 4.98 Å². The van der Waals surface area contributed by atoms with E-state index in [1.54, 1.807) is 11.3 Å². The molecular weight excluding hydrogens is 232 g/mol. The maximum atomic E-state index is 10.3. The molecule has 1 aromatic heterocycles. The predicted molar refractivity (Wildman–Crippen MR) is 71.4 cm³/mol. The highest BCUT2D eigenvalue weighted by Gasteiger charge is 2.26. The summed E-state index contributed by atoms with van der Waals surface area (Å²) in [5.41, 5.74) is 0.905. The Hall–Kier alpha value is -0.450. The summed E-state index contributed by atoms with van der Waals surface area (Å²) in [6.07, 6.45) is 3.00. The van der Waals surface area contributed by atoms with Crippen molar-refractivity contribution in [3.63, 3.8) is 0 Å². The van der Waals surface area contributed by atoms with Gasteiger partial charge in [0.05, 0.1) is 10.7 Å². The quantitative estimate of drug-likeness (QED) is 0.853. The molecule has 1 aliphatic heterocycles. The van der Waals surface area contributed by atoms with Gasteiger partial charge in [-0.15, -0.1) is 11.3 Å². The first-order valence-corrected chi connectivity index (χ1v) is 7.24. The van der Waals surface area contributed by atoms with Crippen molar-refractivity contribution in [2.45, 2.75) is 57.6 Å². The number of hydrogen-bond acceptors (Lipinski definition) is 4. The summed E-state index contributed by atoms with van der Waals surface area (Å²) >= 11 is 1.65. The molecule has 1 aromatic rings. The van der Waals surface area contributed by atoms with E-state index in [0.29, 0.717) is 0 Å². The van der Waals surface area contributed by atoms with E-state index in [0.717, 1.165) is 23.7 Å². The fraction of sp³-hybridized carbons (Fsp3) is 0.769. The summed E-state index contributed by atoms with van der Waals surface area (Å²) in [5, 5.41) is 16.8. The monoisotopic (exact) mass is 254 g/mol. The van der Waals surface area contributed by atoms with Crippen LogP contribution in [0, 0.1) is 0 Å². The third kappa shape index (κ3) is 3.06. The topological polar surface area (TPSA) is 45.2 Å². The Bertz CT molecular complexity index is 364. The molecule has 17 heavy (non-hydrogen) atoms. The van der Waals surface area contributed by atoms with Gasteiger partial charge < -0.3 is 10.4 Å². The van der Waals surface area contributed by atoms with Gasteiger partial charge in [0.2, 0.25) is 0 Å². The summed E-state index contributed by atoms with van der Waals surface area (Å²) in [7, 11) is 0. The lowest BCUT2D eigenvalue weighted by Gasteiger charge is -2.27. The van der Waals surface area contributed by atoms with Crippen LogP contribution in [-0.4, -0.2) is 22.7 Å². The molecule has 3 nitrogen and oxygen atoms in total. The van der Waals surface area contributed by atoms with Gasteiger partial charge >= 0.3 is 0 Å². The lowest BCUT2D eigenvalue weighted by molar-refractivity contribution is 0.110. The van der Waals surface area contributed by atoms with Crippen molar-refractivity contribution < 1.29 is 5.11 Å². The zero-order chi connectivity index (χ0) is 12.5. The van der Waals surface area contributed by atoms with Crippen LogP contribution in [0.5, 0.6) is 0 Å². The molecule has 2 heterocycles. The van der Waals surface area contributed by atoms with Crippen molar-refractivity contribution >= 4 is 11.3 Å². The Kier molecular flexibility index (Phi) is 3.85. The van der Waals surface area contributed by atoms with E-state index in [9.17, 15) is 5.11 Å². The number of hydrogen-bond donors (Lipinski definition) is 2. The molecule has 96 valence electrons. The number of piperidine rings is 1. The van der Waals surface area contributed by atoms with Gasteiger partial charge in [0, 0.05) is 16.8 Å². The Labute approximate surface area is 107 Å². The van der Waals surface area contributed by atoms with E-state index >= 15 is 0 Å². The number of aromatic nitrogens is 1. The fourth-order valence-electron chi connectivity index (χ4n) is 2.12. The van der Waals surface area contributed by atoms with Crippen LogP contribution in [0.3, 0.4) is 0 Å². The molecule has 0 spiro atoms. The number of rotatable bonds is 2. The molecule has 4 heteroatoms. The van der Waals surface area contributed by atoms with Crippen molar-refractivity contribution in [1.82, 2.24) is 10.3 Å². The molecule has 2 unspecified atom stereocenters. The Morgan fingerprint density at radius 1 is 1.47 bits per heavy atom. The van der Waals surface area contributed by atoms with Gasteiger partial charge in [-0.3, -0.25) is 0 Å². The number of aliphatic hydroxyl groups is 1. The first-order chi connectivity index (χ1) is 7.98. The molecule has 1 aliphatic rings. The molecule has 2 rings (SSSR count). The van der Waals surface area contributed by atoms with E-state index in [1.807, 2.05) is 5.38 Å². The number of nitrogens with zero attached hydrogens (tertiary/aromatic N) is 1. The van der Waals surface area contributed by atoms with Crippen molar-refractivity contribution in [2.24, 2.45) is 0 Å². The van der Waals surface area contributed by atoms with Crippen LogP contribution in [0.15, 0.2) is 5.38 Å². The van der Waals surface area contributed by atoms with Gasteiger partial charge in [0.25, 0.3) is 0 Å². The van der Waals surface area contributed by atoms with Crippen LogP contribution < -0.4 is 5.32 Å². The Balaban J connectivity index is 2.08. The number of aliphatic hydroxyl groups excluding tert-OH is 1. The van der Waals surface area contributed by atoms with E-state index in [-0.39, 0.29) is 11.5 Å². The summed E-state index contributed by atoms with van der Waals surface area (Å²) in [6, 6.07) is 0.179. The van der Waals surface area contributed by atoms with Crippen LogP contribution in [0.4, 0.5) is 0 Å². The summed E-state index contributed by atoms with van der Waals surface area (Å²) in [4.78, 5) is 4.59. The second-order valence-electron chi connectivity index (χ2n) is 5.83. The van der Waals surface area contributed by atoms with E-state index in [1.165, 1.54) is 12.8 Å². The molecule has 0 aliphatic carbocycles. The standard InChI is InChI=1S/C13H22N2OS/c1-13(2,3)12-15-10(8-17-12)11(16)9-6-4-5-7-14-9/h8-9,11,14,16H,4-7H2,1-3H3. The second-order valence-corrected chi connectivity index (χ2v) is 6.69. The van der Waals surface area contributed by atoms with Gasteiger partial charge in [-0.2, -0.15) is 0 Å². The SMILES string of the molecule is CC(C)(C)c1nc(C(O)C2CCCCN2)cs1. The zero-order valence-corrected chi connectivity index (χ0v) is 11.7. The summed E-state index contributed by atoms with van der Waals surface area (Å²) in [6.45, 7) is 7.47. The summed E-state index contributed by atoms with van der Waals surface area (Å²) in [5.74, 6) is 0. The molecular formula is C13H22N2OS. The van der Waals surface area contributed by atoms with E-state index in [2.05, 4.69) is 31.1 Å². The predicted octanol–water partition coefficient (Wildman–Crippen LogP) is 2.62. The van der Waals surface area contributed by atoms with Gasteiger partial charge in [-0.05, 0) is 19.4 Å². The molecule has 0 radical (unpaired) electrons. The minimum atomic E-state index is -0.456. The minimum Gasteiger partial charge on any atom is -0.385 e. The van der Waals surface area contributed by atoms with Gasteiger partial charge in [0.1, 0.15) is 6.10 Å². The first kappa shape index (κ1) is 13.0. The van der Waals surface area contributed by atoms with Crippen LogP contribution in [0.2, 0.25) is 0 Å². The molecule has 0 amide bonds.